The number of aliphatic hydroxyl groups excluding tert-OH is 1. The van der Waals surface area contributed by atoms with E-state index >= 15 is 0 Å². The highest BCUT2D eigenvalue weighted by Gasteiger charge is 2.15. The van der Waals surface area contributed by atoms with E-state index in [4.69, 9.17) is 4.74 Å². The molecule has 0 aromatic heterocycles. The van der Waals surface area contributed by atoms with Crippen molar-refractivity contribution in [3.8, 4) is 5.75 Å². The van der Waals surface area contributed by atoms with Gasteiger partial charge in [-0.05, 0) is 43.5 Å². The van der Waals surface area contributed by atoms with E-state index in [0.717, 1.165) is 18.7 Å². The number of benzene rings is 1. The molecule has 3 nitrogen and oxygen atoms in total. The summed E-state index contributed by atoms with van der Waals surface area (Å²) in [7, 11) is 1.68. The van der Waals surface area contributed by atoms with E-state index in [-0.39, 0.29) is 6.10 Å². The minimum atomic E-state index is -0.249. The maximum absolute atomic E-state index is 9.29. The number of ether oxygens (including phenoxy) is 1. The molecule has 102 valence electrons. The van der Waals surface area contributed by atoms with Crippen molar-refractivity contribution in [2.24, 2.45) is 5.92 Å². The van der Waals surface area contributed by atoms with Gasteiger partial charge in [0.1, 0.15) is 5.75 Å². The first-order chi connectivity index (χ1) is 8.54. The van der Waals surface area contributed by atoms with Gasteiger partial charge in [0, 0.05) is 6.04 Å². The first-order valence-electron chi connectivity index (χ1n) is 6.60. The minimum absolute atomic E-state index is 0.249. The molecule has 0 saturated carbocycles. The Bertz CT molecular complexity index is 333. The molecule has 0 aliphatic rings. The summed E-state index contributed by atoms with van der Waals surface area (Å²) < 4.78 is 5.17. The first kappa shape index (κ1) is 15.0. The second-order valence-electron chi connectivity index (χ2n) is 5.09. The van der Waals surface area contributed by atoms with Crippen molar-refractivity contribution in [1.82, 2.24) is 5.32 Å². The Morgan fingerprint density at radius 2 is 1.78 bits per heavy atom. The Morgan fingerprint density at radius 3 is 2.22 bits per heavy atom. The van der Waals surface area contributed by atoms with Gasteiger partial charge in [0.05, 0.1) is 13.2 Å². The molecule has 0 aliphatic heterocycles. The third-order valence-electron chi connectivity index (χ3n) is 3.07. The molecule has 1 rings (SSSR count). The first-order valence-corrected chi connectivity index (χ1v) is 6.60. The normalized spacial score (nSPS) is 14.6. The lowest BCUT2D eigenvalue weighted by molar-refractivity contribution is 0.180. The lowest BCUT2D eigenvalue weighted by Gasteiger charge is -2.23. The maximum Gasteiger partial charge on any atom is 0.118 e. The number of nitrogens with one attached hydrogen (secondary N) is 1. The average Bonchev–Trinajstić information content (AvgIpc) is 2.34. The van der Waals surface area contributed by atoms with Crippen molar-refractivity contribution in [2.45, 2.75) is 39.3 Å². The summed E-state index contributed by atoms with van der Waals surface area (Å²) in [5, 5.41) is 12.8. The predicted octanol–water partition coefficient (Wildman–Crippen LogP) is 2.75. The minimum Gasteiger partial charge on any atom is -0.497 e. The van der Waals surface area contributed by atoms with Gasteiger partial charge in [-0.15, -0.1) is 0 Å². The Morgan fingerprint density at radius 1 is 1.17 bits per heavy atom. The van der Waals surface area contributed by atoms with Gasteiger partial charge in [0.15, 0.2) is 0 Å². The zero-order valence-corrected chi connectivity index (χ0v) is 11.8. The van der Waals surface area contributed by atoms with Gasteiger partial charge in [0.2, 0.25) is 0 Å². The molecule has 0 spiro atoms. The summed E-state index contributed by atoms with van der Waals surface area (Å²) in [5.74, 6) is 1.39. The van der Waals surface area contributed by atoms with E-state index in [1.54, 1.807) is 7.11 Å². The van der Waals surface area contributed by atoms with Crippen LogP contribution in [0.4, 0.5) is 0 Å². The van der Waals surface area contributed by atoms with Gasteiger partial charge in [-0.2, -0.15) is 0 Å². The van der Waals surface area contributed by atoms with E-state index in [0.29, 0.717) is 12.0 Å². The van der Waals surface area contributed by atoms with Crippen LogP contribution in [0.3, 0.4) is 0 Å². The van der Waals surface area contributed by atoms with Crippen LogP contribution in [-0.2, 0) is 0 Å². The van der Waals surface area contributed by atoms with Crippen LogP contribution in [0.2, 0.25) is 0 Å². The van der Waals surface area contributed by atoms with Crippen LogP contribution in [0.15, 0.2) is 24.3 Å². The molecule has 0 fully saturated rings. The number of hydrogen-bond acceptors (Lipinski definition) is 3. The van der Waals surface area contributed by atoms with E-state index in [9.17, 15) is 5.11 Å². The third kappa shape index (κ3) is 4.67. The Hall–Kier alpha value is -1.06. The molecule has 3 heteroatoms. The lowest BCUT2D eigenvalue weighted by Crippen LogP contribution is -2.28. The Kier molecular flexibility index (Phi) is 6.16. The third-order valence-corrected chi connectivity index (χ3v) is 3.07. The fourth-order valence-corrected chi connectivity index (χ4v) is 2.00. The number of hydrogen-bond donors (Lipinski definition) is 2. The molecule has 2 atom stereocenters. The van der Waals surface area contributed by atoms with Gasteiger partial charge in [-0.1, -0.05) is 26.0 Å². The van der Waals surface area contributed by atoms with Crippen LogP contribution in [0.25, 0.3) is 0 Å². The van der Waals surface area contributed by atoms with E-state index in [2.05, 4.69) is 31.3 Å². The molecule has 0 saturated heterocycles. The van der Waals surface area contributed by atoms with Crippen LogP contribution >= 0.6 is 0 Å². The molecule has 0 amide bonds. The molecule has 0 heterocycles. The maximum atomic E-state index is 9.29. The molecular formula is C15H25NO2. The standard InChI is InChI=1S/C15H25NO2/c1-11(2)15(16-10-9-12(3)17)13-5-7-14(18-4)8-6-13/h5-8,11-12,15-17H,9-10H2,1-4H3/t12-,15+/m1/s1. The quantitative estimate of drug-likeness (QED) is 0.783. The molecule has 0 radical (unpaired) electrons. The zero-order chi connectivity index (χ0) is 13.5. The molecule has 0 aliphatic carbocycles. The fourth-order valence-electron chi connectivity index (χ4n) is 2.00. The van der Waals surface area contributed by atoms with Crippen LogP contribution < -0.4 is 10.1 Å². The fraction of sp³-hybridized carbons (Fsp3) is 0.600. The lowest BCUT2D eigenvalue weighted by atomic mass is 9.96. The van der Waals surface area contributed by atoms with Crippen molar-refractivity contribution in [2.75, 3.05) is 13.7 Å². The van der Waals surface area contributed by atoms with Gasteiger partial charge in [-0.25, -0.2) is 0 Å². The van der Waals surface area contributed by atoms with Crippen LogP contribution in [-0.4, -0.2) is 24.9 Å². The van der Waals surface area contributed by atoms with Crippen molar-refractivity contribution < 1.29 is 9.84 Å². The average molecular weight is 251 g/mol. The zero-order valence-electron chi connectivity index (χ0n) is 11.8. The summed E-state index contributed by atoms with van der Waals surface area (Å²) in [6.45, 7) is 7.04. The highest BCUT2D eigenvalue weighted by molar-refractivity contribution is 5.29. The van der Waals surface area contributed by atoms with E-state index in [1.807, 2.05) is 19.1 Å². The number of rotatable bonds is 7. The highest BCUT2D eigenvalue weighted by atomic mass is 16.5. The van der Waals surface area contributed by atoms with Crippen molar-refractivity contribution in [3.63, 3.8) is 0 Å². The number of aliphatic hydroxyl groups is 1. The topological polar surface area (TPSA) is 41.5 Å². The summed E-state index contributed by atoms with van der Waals surface area (Å²) in [4.78, 5) is 0. The summed E-state index contributed by atoms with van der Waals surface area (Å²) in [6.07, 6.45) is 0.528. The summed E-state index contributed by atoms with van der Waals surface area (Å²) >= 11 is 0. The predicted molar refractivity (Wildman–Crippen MR) is 74.9 cm³/mol. The molecular weight excluding hydrogens is 226 g/mol. The molecule has 1 aromatic rings. The van der Waals surface area contributed by atoms with Gasteiger partial charge >= 0.3 is 0 Å². The van der Waals surface area contributed by atoms with Crippen LogP contribution in [0.5, 0.6) is 5.75 Å². The SMILES string of the molecule is COc1ccc([C@@H](NCC[C@@H](C)O)C(C)C)cc1. The Labute approximate surface area is 110 Å². The van der Waals surface area contributed by atoms with Gasteiger partial charge in [-0.3, -0.25) is 0 Å². The second kappa shape index (κ2) is 7.39. The molecule has 18 heavy (non-hydrogen) atoms. The smallest absolute Gasteiger partial charge is 0.118 e. The monoisotopic (exact) mass is 251 g/mol. The van der Waals surface area contributed by atoms with Crippen molar-refractivity contribution >= 4 is 0 Å². The molecule has 1 aromatic carbocycles. The van der Waals surface area contributed by atoms with Crippen LogP contribution in [0, 0.1) is 5.92 Å². The largest absolute Gasteiger partial charge is 0.497 e. The summed E-state index contributed by atoms with van der Waals surface area (Å²) in [6, 6.07) is 8.48. The van der Waals surface area contributed by atoms with E-state index < -0.39 is 0 Å². The second-order valence-corrected chi connectivity index (χ2v) is 5.09. The summed E-state index contributed by atoms with van der Waals surface area (Å²) in [5.41, 5.74) is 1.26. The van der Waals surface area contributed by atoms with Crippen molar-refractivity contribution in [1.29, 1.82) is 0 Å². The van der Waals surface area contributed by atoms with Gasteiger partial charge in [0.25, 0.3) is 0 Å². The molecule has 2 N–H and O–H groups in total. The van der Waals surface area contributed by atoms with Crippen molar-refractivity contribution in [3.05, 3.63) is 29.8 Å². The highest BCUT2D eigenvalue weighted by Crippen LogP contribution is 2.23. The van der Waals surface area contributed by atoms with Crippen LogP contribution in [0.1, 0.15) is 38.8 Å². The molecule has 0 unspecified atom stereocenters. The van der Waals surface area contributed by atoms with Gasteiger partial charge < -0.3 is 15.2 Å². The Balaban J connectivity index is 2.65. The number of methoxy groups -OCH3 is 1. The molecule has 0 bridgehead atoms. The van der Waals surface area contributed by atoms with E-state index in [1.165, 1.54) is 5.56 Å².